The Labute approximate surface area is 233 Å². The molecule has 1 aliphatic rings. The maximum absolute atomic E-state index is 5.20. The molecule has 0 N–H and O–H groups in total. The number of fused-ring (bicyclic) bond motifs is 3. The summed E-state index contributed by atoms with van der Waals surface area (Å²) in [4.78, 5) is 20.3. The third kappa shape index (κ3) is 4.50. The predicted molar refractivity (Wildman–Crippen MR) is 165 cm³/mol. The van der Waals surface area contributed by atoms with Crippen molar-refractivity contribution < 1.29 is 0 Å². The summed E-state index contributed by atoms with van der Waals surface area (Å²) in [7, 11) is 0. The average molecular weight is 515 g/mol. The highest BCUT2D eigenvalue weighted by molar-refractivity contribution is 6.09. The van der Waals surface area contributed by atoms with E-state index in [1.807, 2.05) is 49.4 Å². The number of aryl methyl sites for hydroxylation is 1. The molecule has 4 heteroatoms. The maximum Gasteiger partial charge on any atom is 0.160 e. The summed E-state index contributed by atoms with van der Waals surface area (Å²) in [5.41, 5.74) is 10.7. The number of aromatic nitrogens is 3. The van der Waals surface area contributed by atoms with Crippen molar-refractivity contribution in [3.63, 3.8) is 0 Å². The Morgan fingerprint density at radius 2 is 1.25 bits per heavy atom. The van der Waals surface area contributed by atoms with Crippen molar-refractivity contribution >= 4 is 28.4 Å². The molecule has 1 aliphatic heterocycles. The SMILES string of the molecule is Cc1cc(-c2cc(-c3ccccc3)nc(-c3ccccc3)n2)c2ccc3c(c2n1)N=C(c1ccccc1)CC=C3. The largest absolute Gasteiger partial charge is 0.251 e. The van der Waals surface area contributed by atoms with E-state index in [2.05, 4.69) is 84.9 Å². The predicted octanol–water partition coefficient (Wildman–Crippen LogP) is 8.87. The fourth-order valence-corrected chi connectivity index (χ4v) is 5.23. The molecule has 6 aromatic rings. The highest BCUT2D eigenvalue weighted by Gasteiger charge is 2.18. The third-order valence-electron chi connectivity index (χ3n) is 7.18. The number of hydrogen-bond donors (Lipinski definition) is 0. The summed E-state index contributed by atoms with van der Waals surface area (Å²) in [6, 6.07) is 39.3. The first-order chi connectivity index (χ1) is 19.7. The Kier molecular flexibility index (Phi) is 6.06. The lowest BCUT2D eigenvalue weighted by molar-refractivity contribution is 1.18. The van der Waals surface area contributed by atoms with E-state index in [4.69, 9.17) is 19.9 Å². The van der Waals surface area contributed by atoms with Crippen LogP contribution in [-0.2, 0) is 0 Å². The lowest BCUT2D eigenvalue weighted by atomic mass is 9.99. The van der Waals surface area contributed by atoms with Crippen LogP contribution in [0.25, 0.3) is 50.9 Å². The van der Waals surface area contributed by atoms with Crippen molar-refractivity contribution in [3.05, 3.63) is 138 Å². The molecule has 190 valence electrons. The van der Waals surface area contributed by atoms with Crippen molar-refractivity contribution in [2.75, 3.05) is 0 Å². The molecule has 0 saturated carbocycles. The molecular weight excluding hydrogens is 488 g/mol. The van der Waals surface area contributed by atoms with E-state index in [-0.39, 0.29) is 0 Å². The average Bonchev–Trinajstić information content (AvgIpc) is 3.25. The number of hydrogen-bond acceptors (Lipinski definition) is 4. The molecule has 2 aromatic heterocycles. The molecule has 0 aliphatic carbocycles. The normalized spacial score (nSPS) is 12.6. The smallest absolute Gasteiger partial charge is 0.160 e. The Balaban J connectivity index is 1.47. The minimum Gasteiger partial charge on any atom is -0.251 e. The fraction of sp³-hybridized carbons (Fsp3) is 0.0556. The lowest BCUT2D eigenvalue weighted by Gasteiger charge is -2.14. The molecular formula is C36H26N4. The van der Waals surface area contributed by atoms with Crippen LogP contribution in [0.15, 0.2) is 126 Å². The second-order valence-corrected chi connectivity index (χ2v) is 9.94. The van der Waals surface area contributed by atoms with Gasteiger partial charge in [-0.15, -0.1) is 0 Å². The van der Waals surface area contributed by atoms with Crippen LogP contribution in [-0.4, -0.2) is 20.7 Å². The Morgan fingerprint density at radius 3 is 1.98 bits per heavy atom. The van der Waals surface area contributed by atoms with Gasteiger partial charge in [-0.1, -0.05) is 115 Å². The van der Waals surface area contributed by atoms with E-state index >= 15 is 0 Å². The lowest BCUT2D eigenvalue weighted by Crippen LogP contribution is -1.99. The van der Waals surface area contributed by atoms with Crippen LogP contribution in [0.3, 0.4) is 0 Å². The molecule has 0 unspecified atom stereocenters. The van der Waals surface area contributed by atoms with Gasteiger partial charge in [-0.25, -0.2) is 15.0 Å². The molecule has 0 fully saturated rings. The molecule has 0 amide bonds. The van der Waals surface area contributed by atoms with Gasteiger partial charge < -0.3 is 0 Å². The first-order valence-corrected chi connectivity index (χ1v) is 13.5. The zero-order valence-corrected chi connectivity index (χ0v) is 22.1. The van der Waals surface area contributed by atoms with Gasteiger partial charge in [0.1, 0.15) is 0 Å². The zero-order valence-electron chi connectivity index (χ0n) is 22.1. The van der Waals surface area contributed by atoms with E-state index in [1.54, 1.807) is 0 Å². The number of rotatable bonds is 4. The van der Waals surface area contributed by atoms with E-state index in [0.717, 1.165) is 73.6 Å². The number of benzene rings is 4. The van der Waals surface area contributed by atoms with E-state index in [0.29, 0.717) is 5.82 Å². The number of nitrogens with zero attached hydrogens (tertiary/aromatic N) is 4. The van der Waals surface area contributed by atoms with Gasteiger partial charge in [0.15, 0.2) is 5.82 Å². The van der Waals surface area contributed by atoms with E-state index in [9.17, 15) is 0 Å². The van der Waals surface area contributed by atoms with Crippen molar-refractivity contribution in [3.8, 4) is 33.9 Å². The summed E-state index contributed by atoms with van der Waals surface area (Å²) in [6.45, 7) is 2.04. The van der Waals surface area contributed by atoms with Gasteiger partial charge in [0.05, 0.1) is 28.3 Å². The van der Waals surface area contributed by atoms with Gasteiger partial charge in [0.2, 0.25) is 0 Å². The molecule has 0 saturated heterocycles. The number of allylic oxidation sites excluding steroid dienone is 1. The molecule has 0 atom stereocenters. The summed E-state index contributed by atoms with van der Waals surface area (Å²) < 4.78 is 0. The molecule has 4 nitrogen and oxygen atoms in total. The van der Waals surface area contributed by atoms with Crippen molar-refractivity contribution in [2.45, 2.75) is 13.3 Å². The van der Waals surface area contributed by atoms with Crippen LogP contribution in [0.5, 0.6) is 0 Å². The van der Waals surface area contributed by atoms with Gasteiger partial charge in [-0.05, 0) is 24.6 Å². The fourth-order valence-electron chi connectivity index (χ4n) is 5.23. The minimum absolute atomic E-state index is 0.696. The number of aliphatic imine (C=N–C) groups is 1. The van der Waals surface area contributed by atoms with E-state index in [1.165, 1.54) is 0 Å². The molecule has 4 aromatic carbocycles. The summed E-state index contributed by atoms with van der Waals surface area (Å²) >= 11 is 0. The molecule has 0 radical (unpaired) electrons. The van der Waals surface area contributed by atoms with Crippen molar-refractivity contribution in [1.82, 2.24) is 15.0 Å². The summed E-state index contributed by atoms with van der Waals surface area (Å²) in [6.07, 6.45) is 5.11. The van der Waals surface area contributed by atoms with Crippen LogP contribution in [0, 0.1) is 6.92 Å². The van der Waals surface area contributed by atoms with Crippen LogP contribution in [0.4, 0.5) is 5.69 Å². The minimum atomic E-state index is 0.696. The third-order valence-corrected chi connectivity index (χ3v) is 7.18. The molecule has 3 heterocycles. The van der Waals surface area contributed by atoms with Gasteiger partial charge in [-0.2, -0.15) is 0 Å². The second-order valence-electron chi connectivity index (χ2n) is 9.94. The van der Waals surface area contributed by atoms with Crippen LogP contribution in [0.2, 0.25) is 0 Å². The molecule has 0 spiro atoms. The van der Waals surface area contributed by atoms with Crippen molar-refractivity contribution in [2.24, 2.45) is 4.99 Å². The molecule has 40 heavy (non-hydrogen) atoms. The first kappa shape index (κ1) is 23.9. The monoisotopic (exact) mass is 514 g/mol. The van der Waals surface area contributed by atoms with Crippen LogP contribution < -0.4 is 0 Å². The standard InChI is InChI=1S/C36H26N4/c1-24-22-30(33-23-32(26-14-7-3-8-15-26)39-36(40-33)28-16-9-4-10-17-28)29-21-20-27-18-11-19-31(25-12-5-2-6-13-25)38-34(27)35(29)37-24/h2-18,20-23H,19H2,1H3. The Bertz CT molecular complexity index is 1850. The quantitative estimate of drug-likeness (QED) is 0.236. The summed E-state index contributed by atoms with van der Waals surface area (Å²) in [5.74, 6) is 0.696. The summed E-state index contributed by atoms with van der Waals surface area (Å²) in [5, 5.41) is 1.02. The van der Waals surface area contributed by atoms with Gasteiger partial charge in [0, 0.05) is 39.8 Å². The molecule has 0 bridgehead atoms. The highest BCUT2D eigenvalue weighted by Crippen LogP contribution is 2.38. The van der Waals surface area contributed by atoms with Crippen LogP contribution >= 0.6 is 0 Å². The topological polar surface area (TPSA) is 51.0 Å². The highest BCUT2D eigenvalue weighted by atomic mass is 14.9. The molecule has 7 rings (SSSR count). The van der Waals surface area contributed by atoms with E-state index < -0.39 is 0 Å². The van der Waals surface area contributed by atoms with Gasteiger partial charge in [-0.3, -0.25) is 4.98 Å². The first-order valence-electron chi connectivity index (χ1n) is 13.5. The second kappa shape index (κ2) is 10.2. The Morgan fingerprint density at radius 1 is 0.600 bits per heavy atom. The number of pyridine rings is 1. The Hall–Kier alpha value is -5.22. The zero-order chi connectivity index (χ0) is 26.9. The van der Waals surface area contributed by atoms with Gasteiger partial charge >= 0.3 is 0 Å². The van der Waals surface area contributed by atoms with Crippen LogP contribution in [0.1, 0.15) is 23.2 Å². The van der Waals surface area contributed by atoms with Gasteiger partial charge in [0.25, 0.3) is 0 Å². The van der Waals surface area contributed by atoms with Crippen molar-refractivity contribution in [1.29, 1.82) is 0 Å². The maximum atomic E-state index is 5.20.